The minimum Gasteiger partial charge on any atom is -0.353 e. The summed E-state index contributed by atoms with van der Waals surface area (Å²) in [6, 6.07) is 6.19. The molecule has 3 nitrogen and oxygen atoms in total. The third kappa shape index (κ3) is 4.45. The number of carbonyl (C=O) groups is 1. The molecule has 18 heavy (non-hydrogen) atoms. The summed E-state index contributed by atoms with van der Waals surface area (Å²) in [5.41, 5.74) is 6.32. The summed E-state index contributed by atoms with van der Waals surface area (Å²) in [5, 5.41) is 2.89. The first kappa shape index (κ1) is 14.6. The molecule has 1 rings (SSSR count). The molecule has 3 N–H and O–H groups in total. The predicted molar refractivity (Wildman–Crippen MR) is 70.7 cm³/mol. The van der Waals surface area contributed by atoms with E-state index in [1.165, 1.54) is 12.1 Å². The van der Waals surface area contributed by atoms with Gasteiger partial charge in [-0.05, 0) is 50.9 Å². The van der Waals surface area contributed by atoms with Crippen molar-refractivity contribution in [1.82, 2.24) is 5.32 Å². The molecule has 1 aromatic rings. The smallest absolute Gasteiger partial charge is 0.227 e. The van der Waals surface area contributed by atoms with E-state index in [4.69, 9.17) is 5.73 Å². The molecule has 1 unspecified atom stereocenters. The van der Waals surface area contributed by atoms with Crippen LogP contribution in [0, 0.1) is 5.82 Å². The van der Waals surface area contributed by atoms with Gasteiger partial charge in [0.05, 0.1) is 5.92 Å². The SMILES string of the molecule is CC(C)NC(=O)C(CCCN)c1ccc(F)cc1. The lowest BCUT2D eigenvalue weighted by molar-refractivity contribution is -0.123. The minimum absolute atomic E-state index is 0.0231. The Hall–Kier alpha value is -1.42. The van der Waals surface area contributed by atoms with Gasteiger partial charge >= 0.3 is 0 Å². The highest BCUT2D eigenvalue weighted by Gasteiger charge is 2.20. The van der Waals surface area contributed by atoms with Crippen molar-refractivity contribution >= 4 is 5.91 Å². The Morgan fingerprint density at radius 2 is 1.94 bits per heavy atom. The van der Waals surface area contributed by atoms with Crippen LogP contribution in [0.3, 0.4) is 0 Å². The maximum atomic E-state index is 12.9. The van der Waals surface area contributed by atoms with Crippen molar-refractivity contribution in [2.45, 2.75) is 38.6 Å². The normalized spacial score (nSPS) is 12.5. The van der Waals surface area contributed by atoms with Crippen LogP contribution in [0.25, 0.3) is 0 Å². The van der Waals surface area contributed by atoms with Crippen molar-refractivity contribution in [1.29, 1.82) is 0 Å². The Balaban J connectivity index is 2.83. The number of hydrogen-bond donors (Lipinski definition) is 2. The zero-order valence-electron chi connectivity index (χ0n) is 10.9. The van der Waals surface area contributed by atoms with Gasteiger partial charge in [-0.2, -0.15) is 0 Å². The van der Waals surface area contributed by atoms with E-state index in [-0.39, 0.29) is 23.7 Å². The average molecular weight is 252 g/mol. The zero-order valence-corrected chi connectivity index (χ0v) is 10.9. The number of hydrogen-bond acceptors (Lipinski definition) is 2. The van der Waals surface area contributed by atoms with Crippen LogP contribution in [0.15, 0.2) is 24.3 Å². The van der Waals surface area contributed by atoms with E-state index in [0.717, 1.165) is 12.0 Å². The van der Waals surface area contributed by atoms with Gasteiger partial charge in [0.25, 0.3) is 0 Å². The van der Waals surface area contributed by atoms with E-state index in [2.05, 4.69) is 5.32 Å². The van der Waals surface area contributed by atoms with Crippen molar-refractivity contribution < 1.29 is 9.18 Å². The molecular weight excluding hydrogens is 231 g/mol. The van der Waals surface area contributed by atoms with Gasteiger partial charge in [0.2, 0.25) is 5.91 Å². The monoisotopic (exact) mass is 252 g/mol. The van der Waals surface area contributed by atoms with Crippen LogP contribution < -0.4 is 11.1 Å². The number of carbonyl (C=O) groups excluding carboxylic acids is 1. The van der Waals surface area contributed by atoms with E-state index in [9.17, 15) is 9.18 Å². The molecule has 0 aliphatic heterocycles. The standard InChI is InChI=1S/C14H21FN2O/c1-10(2)17-14(18)13(4-3-9-16)11-5-7-12(15)8-6-11/h5-8,10,13H,3-4,9,16H2,1-2H3,(H,17,18). The molecule has 1 aromatic carbocycles. The summed E-state index contributed by atoms with van der Waals surface area (Å²) >= 11 is 0. The first-order chi connectivity index (χ1) is 8.54. The maximum Gasteiger partial charge on any atom is 0.227 e. The molecule has 1 amide bonds. The van der Waals surface area contributed by atoms with Crippen LogP contribution in [0.2, 0.25) is 0 Å². The van der Waals surface area contributed by atoms with Crippen molar-refractivity contribution in [3.8, 4) is 0 Å². The Morgan fingerprint density at radius 1 is 1.33 bits per heavy atom. The average Bonchev–Trinajstić information content (AvgIpc) is 2.31. The Morgan fingerprint density at radius 3 is 2.44 bits per heavy atom. The zero-order chi connectivity index (χ0) is 13.5. The summed E-state index contributed by atoms with van der Waals surface area (Å²) in [7, 11) is 0. The highest BCUT2D eigenvalue weighted by molar-refractivity contribution is 5.83. The Kier molecular flexibility index (Phi) is 5.78. The Bertz CT molecular complexity index is 376. The topological polar surface area (TPSA) is 55.1 Å². The van der Waals surface area contributed by atoms with Crippen LogP contribution in [-0.2, 0) is 4.79 Å². The number of benzene rings is 1. The predicted octanol–water partition coefficient (Wildman–Crippen LogP) is 2.17. The molecule has 0 saturated heterocycles. The van der Waals surface area contributed by atoms with Gasteiger partial charge < -0.3 is 11.1 Å². The quantitative estimate of drug-likeness (QED) is 0.815. The number of rotatable bonds is 6. The summed E-state index contributed by atoms with van der Waals surface area (Å²) in [5.74, 6) is -0.567. The van der Waals surface area contributed by atoms with Gasteiger partial charge in [0.1, 0.15) is 5.82 Å². The van der Waals surface area contributed by atoms with Crippen molar-refractivity contribution in [2.75, 3.05) is 6.54 Å². The number of halogens is 1. The highest BCUT2D eigenvalue weighted by atomic mass is 19.1. The molecule has 0 aliphatic carbocycles. The summed E-state index contributed by atoms with van der Waals surface area (Å²) in [6.07, 6.45) is 1.45. The second-order valence-corrected chi connectivity index (χ2v) is 4.70. The third-order valence-corrected chi connectivity index (χ3v) is 2.72. The van der Waals surface area contributed by atoms with E-state index in [1.54, 1.807) is 12.1 Å². The molecule has 0 aromatic heterocycles. The van der Waals surface area contributed by atoms with Crippen molar-refractivity contribution in [2.24, 2.45) is 5.73 Å². The molecule has 0 saturated carbocycles. The van der Waals surface area contributed by atoms with Gasteiger partial charge in [-0.25, -0.2) is 4.39 Å². The number of nitrogens with two attached hydrogens (primary N) is 1. The van der Waals surface area contributed by atoms with Crippen molar-refractivity contribution in [3.05, 3.63) is 35.6 Å². The lowest BCUT2D eigenvalue weighted by atomic mass is 9.93. The van der Waals surface area contributed by atoms with Crippen LogP contribution in [0.5, 0.6) is 0 Å². The first-order valence-electron chi connectivity index (χ1n) is 6.30. The van der Waals surface area contributed by atoms with Crippen LogP contribution in [-0.4, -0.2) is 18.5 Å². The molecule has 100 valence electrons. The summed E-state index contributed by atoms with van der Waals surface area (Å²) < 4.78 is 12.9. The second-order valence-electron chi connectivity index (χ2n) is 4.70. The van der Waals surface area contributed by atoms with Gasteiger partial charge in [-0.15, -0.1) is 0 Å². The molecule has 0 radical (unpaired) electrons. The lowest BCUT2D eigenvalue weighted by Crippen LogP contribution is -2.34. The van der Waals surface area contributed by atoms with Crippen LogP contribution >= 0.6 is 0 Å². The second kappa shape index (κ2) is 7.11. The van der Waals surface area contributed by atoms with Gasteiger partial charge in [0, 0.05) is 6.04 Å². The largest absolute Gasteiger partial charge is 0.353 e. The molecular formula is C14H21FN2O. The molecule has 1 atom stereocenters. The fourth-order valence-corrected chi connectivity index (χ4v) is 1.85. The molecule has 0 fully saturated rings. The Labute approximate surface area is 108 Å². The van der Waals surface area contributed by atoms with E-state index < -0.39 is 0 Å². The number of nitrogens with one attached hydrogen (secondary N) is 1. The first-order valence-corrected chi connectivity index (χ1v) is 6.30. The fourth-order valence-electron chi connectivity index (χ4n) is 1.85. The van der Waals surface area contributed by atoms with Crippen LogP contribution in [0.4, 0.5) is 4.39 Å². The molecule has 0 aliphatic rings. The summed E-state index contributed by atoms with van der Waals surface area (Å²) in [6.45, 7) is 4.39. The lowest BCUT2D eigenvalue weighted by Gasteiger charge is -2.18. The van der Waals surface area contributed by atoms with E-state index in [0.29, 0.717) is 13.0 Å². The number of amides is 1. The fraction of sp³-hybridized carbons (Fsp3) is 0.500. The molecule has 0 heterocycles. The van der Waals surface area contributed by atoms with Crippen LogP contribution in [0.1, 0.15) is 38.2 Å². The van der Waals surface area contributed by atoms with E-state index in [1.807, 2.05) is 13.8 Å². The molecule has 4 heteroatoms. The maximum absolute atomic E-state index is 12.9. The van der Waals surface area contributed by atoms with E-state index >= 15 is 0 Å². The molecule has 0 spiro atoms. The van der Waals surface area contributed by atoms with Crippen molar-refractivity contribution in [3.63, 3.8) is 0 Å². The summed E-state index contributed by atoms with van der Waals surface area (Å²) in [4.78, 5) is 12.1. The minimum atomic E-state index is -0.291. The highest BCUT2D eigenvalue weighted by Crippen LogP contribution is 2.22. The van der Waals surface area contributed by atoms with Gasteiger partial charge in [0.15, 0.2) is 0 Å². The van der Waals surface area contributed by atoms with Gasteiger partial charge in [-0.3, -0.25) is 4.79 Å². The third-order valence-electron chi connectivity index (χ3n) is 2.72. The van der Waals surface area contributed by atoms with Gasteiger partial charge in [-0.1, -0.05) is 12.1 Å². The molecule has 0 bridgehead atoms.